The first kappa shape index (κ1) is 27.6. The van der Waals surface area contributed by atoms with E-state index in [4.69, 9.17) is 18.9 Å². The Bertz CT molecular complexity index is 1490. The van der Waals surface area contributed by atoms with Gasteiger partial charge in [-0.25, -0.2) is 4.79 Å². The lowest BCUT2D eigenvalue weighted by atomic mass is 9.96. The topological polar surface area (TPSA) is 86.9 Å². The molecule has 4 rings (SSSR count). The van der Waals surface area contributed by atoms with Crippen molar-refractivity contribution in [3.63, 3.8) is 0 Å². The number of fused-ring (bicyclic) bond motifs is 1. The third-order valence-electron chi connectivity index (χ3n) is 5.88. The van der Waals surface area contributed by atoms with E-state index in [0.717, 1.165) is 12.1 Å². The van der Waals surface area contributed by atoms with Gasteiger partial charge in [-0.3, -0.25) is 4.79 Å². The average Bonchev–Trinajstić information content (AvgIpc) is 3.26. The maximum atomic E-state index is 13.2. The van der Waals surface area contributed by atoms with E-state index in [-0.39, 0.29) is 36.7 Å². The standard InChI is InChI=1S/C29H26F3NO6/c1-4-37-24(34)16-22-27(28(35)38-5-2)26-21(33-22)13-14-23(25(26)17-7-6-8-20(15-17)36-3)39-19-11-9-18(10-12-19)29(30,31)32/h6-15,33H,4-5,16H2,1-3H3. The monoisotopic (exact) mass is 541 g/mol. The minimum absolute atomic E-state index is 0.0978. The van der Waals surface area contributed by atoms with Gasteiger partial charge in [0.1, 0.15) is 17.2 Å². The first-order chi connectivity index (χ1) is 18.7. The van der Waals surface area contributed by atoms with Crippen LogP contribution in [0, 0.1) is 0 Å². The van der Waals surface area contributed by atoms with E-state index in [1.165, 1.54) is 19.2 Å². The number of aromatic amines is 1. The van der Waals surface area contributed by atoms with E-state index in [0.29, 0.717) is 33.5 Å². The lowest BCUT2D eigenvalue weighted by Gasteiger charge is -2.15. The minimum Gasteiger partial charge on any atom is -0.497 e. The van der Waals surface area contributed by atoms with Gasteiger partial charge >= 0.3 is 18.1 Å². The smallest absolute Gasteiger partial charge is 0.416 e. The summed E-state index contributed by atoms with van der Waals surface area (Å²) in [5.74, 6) is -0.225. The van der Waals surface area contributed by atoms with Crippen LogP contribution >= 0.6 is 0 Å². The number of hydrogen-bond acceptors (Lipinski definition) is 6. The Hall–Kier alpha value is -4.47. The molecule has 39 heavy (non-hydrogen) atoms. The van der Waals surface area contributed by atoms with Crippen LogP contribution < -0.4 is 9.47 Å². The number of ether oxygens (including phenoxy) is 4. The van der Waals surface area contributed by atoms with Crippen LogP contribution in [0.5, 0.6) is 17.2 Å². The van der Waals surface area contributed by atoms with Gasteiger partial charge in [-0.15, -0.1) is 0 Å². The molecule has 0 aliphatic rings. The quantitative estimate of drug-likeness (QED) is 0.231. The second-order valence-electron chi connectivity index (χ2n) is 8.40. The van der Waals surface area contributed by atoms with Crippen molar-refractivity contribution < 1.29 is 41.7 Å². The van der Waals surface area contributed by atoms with E-state index < -0.39 is 23.7 Å². The molecular formula is C29H26F3NO6. The summed E-state index contributed by atoms with van der Waals surface area (Å²) >= 11 is 0. The van der Waals surface area contributed by atoms with Gasteiger partial charge < -0.3 is 23.9 Å². The number of carbonyl (C=O) groups excluding carboxylic acids is 2. The zero-order chi connectivity index (χ0) is 28.2. The van der Waals surface area contributed by atoms with Crippen molar-refractivity contribution in [1.82, 2.24) is 4.98 Å². The fourth-order valence-corrected chi connectivity index (χ4v) is 4.23. The molecule has 1 N–H and O–H groups in total. The first-order valence-corrected chi connectivity index (χ1v) is 12.2. The minimum atomic E-state index is -4.49. The summed E-state index contributed by atoms with van der Waals surface area (Å²) in [6.45, 7) is 3.62. The highest BCUT2D eigenvalue weighted by molar-refractivity contribution is 6.13. The van der Waals surface area contributed by atoms with Gasteiger partial charge in [-0.05, 0) is 67.9 Å². The molecule has 0 unspecified atom stereocenters. The number of alkyl halides is 3. The van der Waals surface area contributed by atoms with Gasteiger partial charge in [0.15, 0.2) is 0 Å². The Balaban J connectivity index is 1.95. The number of hydrogen-bond donors (Lipinski definition) is 1. The number of nitrogens with one attached hydrogen (secondary N) is 1. The molecule has 0 spiro atoms. The number of carbonyl (C=O) groups is 2. The van der Waals surface area contributed by atoms with Crippen LogP contribution in [0.4, 0.5) is 13.2 Å². The Morgan fingerprint density at radius 3 is 2.26 bits per heavy atom. The van der Waals surface area contributed by atoms with Crippen molar-refractivity contribution >= 4 is 22.8 Å². The molecule has 0 fully saturated rings. The van der Waals surface area contributed by atoms with Crippen LogP contribution in [0.2, 0.25) is 0 Å². The highest BCUT2D eigenvalue weighted by Gasteiger charge is 2.30. The summed E-state index contributed by atoms with van der Waals surface area (Å²) in [6.07, 6.45) is -4.69. The number of methoxy groups -OCH3 is 1. The van der Waals surface area contributed by atoms with Crippen molar-refractivity contribution in [1.29, 1.82) is 0 Å². The SMILES string of the molecule is CCOC(=O)Cc1[nH]c2ccc(Oc3ccc(C(F)(F)F)cc3)c(-c3cccc(OC)c3)c2c1C(=O)OCC. The number of H-pyrrole nitrogens is 1. The number of benzene rings is 3. The largest absolute Gasteiger partial charge is 0.497 e. The molecule has 0 aliphatic heterocycles. The summed E-state index contributed by atoms with van der Waals surface area (Å²) in [5.41, 5.74) is 1.22. The van der Waals surface area contributed by atoms with E-state index in [2.05, 4.69) is 4.98 Å². The molecule has 0 saturated heterocycles. The van der Waals surface area contributed by atoms with Gasteiger partial charge in [0.25, 0.3) is 0 Å². The van der Waals surface area contributed by atoms with E-state index >= 15 is 0 Å². The van der Waals surface area contributed by atoms with Crippen molar-refractivity contribution in [3.8, 4) is 28.4 Å². The van der Waals surface area contributed by atoms with Crippen LogP contribution in [-0.2, 0) is 26.9 Å². The second-order valence-corrected chi connectivity index (χ2v) is 8.40. The molecule has 0 radical (unpaired) electrons. The van der Waals surface area contributed by atoms with Crippen LogP contribution in [0.3, 0.4) is 0 Å². The van der Waals surface area contributed by atoms with E-state index in [9.17, 15) is 22.8 Å². The van der Waals surface area contributed by atoms with Crippen LogP contribution in [0.1, 0.15) is 35.5 Å². The predicted octanol–water partition coefficient (Wildman–Crippen LogP) is 6.94. The molecule has 3 aromatic carbocycles. The van der Waals surface area contributed by atoms with Gasteiger partial charge in [0.05, 0.1) is 37.9 Å². The molecular weight excluding hydrogens is 515 g/mol. The first-order valence-electron chi connectivity index (χ1n) is 12.2. The van der Waals surface area contributed by atoms with Gasteiger partial charge in [0.2, 0.25) is 0 Å². The van der Waals surface area contributed by atoms with Crippen molar-refractivity contribution in [2.45, 2.75) is 26.4 Å². The molecule has 10 heteroatoms. The summed E-state index contributed by atoms with van der Waals surface area (Å²) in [4.78, 5) is 28.7. The molecule has 7 nitrogen and oxygen atoms in total. The summed E-state index contributed by atoms with van der Waals surface area (Å²) in [6, 6.07) is 14.6. The Morgan fingerprint density at radius 2 is 1.62 bits per heavy atom. The highest BCUT2D eigenvalue weighted by Crippen LogP contribution is 2.43. The van der Waals surface area contributed by atoms with Gasteiger partial charge in [0, 0.05) is 22.2 Å². The van der Waals surface area contributed by atoms with Crippen molar-refractivity contribution in [2.24, 2.45) is 0 Å². The molecule has 0 amide bonds. The maximum Gasteiger partial charge on any atom is 0.416 e. The predicted molar refractivity (Wildman–Crippen MR) is 138 cm³/mol. The summed E-state index contributed by atoms with van der Waals surface area (Å²) < 4.78 is 61.1. The Kier molecular flexibility index (Phi) is 8.13. The van der Waals surface area contributed by atoms with E-state index in [1.807, 2.05) is 0 Å². The normalized spacial score (nSPS) is 11.3. The molecule has 4 aromatic rings. The van der Waals surface area contributed by atoms with Crippen molar-refractivity contribution in [3.05, 3.63) is 77.5 Å². The lowest BCUT2D eigenvalue weighted by Crippen LogP contribution is -2.13. The summed E-state index contributed by atoms with van der Waals surface area (Å²) in [7, 11) is 1.51. The molecule has 1 aromatic heterocycles. The van der Waals surface area contributed by atoms with Crippen LogP contribution in [0.15, 0.2) is 60.7 Å². The fraction of sp³-hybridized carbons (Fsp3) is 0.241. The highest BCUT2D eigenvalue weighted by atomic mass is 19.4. The molecule has 0 atom stereocenters. The third-order valence-corrected chi connectivity index (χ3v) is 5.88. The lowest BCUT2D eigenvalue weighted by molar-refractivity contribution is -0.142. The number of rotatable bonds is 9. The summed E-state index contributed by atoms with van der Waals surface area (Å²) in [5, 5.41) is 0.422. The van der Waals surface area contributed by atoms with Gasteiger partial charge in [-0.1, -0.05) is 12.1 Å². The maximum absolute atomic E-state index is 13.2. The third kappa shape index (κ3) is 6.00. The molecule has 204 valence electrons. The van der Waals surface area contributed by atoms with E-state index in [1.54, 1.807) is 50.2 Å². The van der Waals surface area contributed by atoms with Gasteiger partial charge in [-0.2, -0.15) is 13.2 Å². The van der Waals surface area contributed by atoms with Crippen LogP contribution in [0.25, 0.3) is 22.0 Å². The van der Waals surface area contributed by atoms with Crippen LogP contribution in [-0.4, -0.2) is 37.2 Å². The molecule has 0 aliphatic carbocycles. The fourth-order valence-electron chi connectivity index (χ4n) is 4.23. The zero-order valence-electron chi connectivity index (χ0n) is 21.5. The number of esters is 2. The Labute approximate surface area is 222 Å². The number of aromatic nitrogens is 1. The average molecular weight is 542 g/mol. The molecule has 0 bridgehead atoms. The second kappa shape index (κ2) is 11.5. The van der Waals surface area contributed by atoms with Crippen molar-refractivity contribution in [2.75, 3.05) is 20.3 Å². The Morgan fingerprint density at radius 1 is 0.897 bits per heavy atom. The molecule has 1 heterocycles. The number of halogens is 3. The molecule has 0 saturated carbocycles. The zero-order valence-corrected chi connectivity index (χ0v) is 21.5.